The van der Waals surface area contributed by atoms with Crippen LogP contribution in [0.15, 0.2) is 42.9 Å². The highest BCUT2D eigenvalue weighted by atomic mass is 16.5. The average molecular weight is 366 g/mol. The molecule has 0 aliphatic carbocycles. The van der Waals surface area contributed by atoms with Crippen LogP contribution in [0.25, 0.3) is 0 Å². The van der Waals surface area contributed by atoms with E-state index in [-0.39, 0.29) is 18.4 Å². The highest BCUT2D eigenvalue weighted by Gasteiger charge is 2.44. The highest BCUT2D eigenvalue weighted by Crippen LogP contribution is 2.32. The van der Waals surface area contributed by atoms with E-state index < -0.39 is 5.60 Å². The molecule has 3 heterocycles. The van der Waals surface area contributed by atoms with Crippen LogP contribution in [0.1, 0.15) is 28.9 Å². The van der Waals surface area contributed by atoms with Crippen molar-refractivity contribution in [1.82, 2.24) is 14.9 Å². The first-order valence-corrected chi connectivity index (χ1v) is 9.13. The molecule has 2 aromatic rings. The van der Waals surface area contributed by atoms with Gasteiger partial charge in [0.1, 0.15) is 18.5 Å². The van der Waals surface area contributed by atoms with E-state index in [1.807, 2.05) is 37.3 Å². The van der Waals surface area contributed by atoms with Crippen molar-refractivity contribution in [2.75, 3.05) is 31.1 Å². The molecule has 1 spiro atoms. The van der Waals surface area contributed by atoms with Crippen LogP contribution >= 0.6 is 0 Å². The summed E-state index contributed by atoms with van der Waals surface area (Å²) in [6.07, 6.45) is 4.65. The van der Waals surface area contributed by atoms with Crippen LogP contribution in [-0.2, 0) is 9.53 Å². The van der Waals surface area contributed by atoms with E-state index in [1.54, 1.807) is 16.0 Å². The number of amides is 2. The van der Waals surface area contributed by atoms with Gasteiger partial charge in [0.2, 0.25) is 0 Å². The largest absolute Gasteiger partial charge is 0.361 e. The van der Waals surface area contributed by atoms with Gasteiger partial charge in [0, 0.05) is 18.4 Å². The molecule has 2 fully saturated rings. The quantitative estimate of drug-likeness (QED) is 0.810. The summed E-state index contributed by atoms with van der Waals surface area (Å²) in [7, 11) is 0. The van der Waals surface area contributed by atoms with Gasteiger partial charge >= 0.3 is 0 Å². The number of hydrogen-bond acceptors (Lipinski definition) is 5. The smallest absolute Gasteiger partial charge is 0.257 e. The number of benzene rings is 1. The van der Waals surface area contributed by atoms with Crippen molar-refractivity contribution in [3.05, 3.63) is 54.1 Å². The second kappa shape index (κ2) is 7.08. The molecular formula is C20H22N4O3. The maximum atomic E-state index is 13.0. The Hall–Kier alpha value is -2.80. The predicted molar refractivity (Wildman–Crippen MR) is 99.4 cm³/mol. The van der Waals surface area contributed by atoms with Gasteiger partial charge < -0.3 is 14.5 Å². The van der Waals surface area contributed by atoms with Crippen molar-refractivity contribution in [2.45, 2.75) is 25.4 Å². The minimum absolute atomic E-state index is 0.0321. The van der Waals surface area contributed by atoms with Crippen LogP contribution in [0, 0.1) is 6.92 Å². The Labute approximate surface area is 158 Å². The van der Waals surface area contributed by atoms with Crippen molar-refractivity contribution >= 4 is 17.5 Å². The zero-order chi connectivity index (χ0) is 18.9. The van der Waals surface area contributed by atoms with Crippen LogP contribution in [0.3, 0.4) is 0 Å². The molecule has 0 N–H and O–H groups in total. The third-order valence-corrected chi connectivity index (χ3v) is 5.29. The number of hydrogen-bond donors (Lipinski definition) is 0. The summed E-state index contributed by atoms with van der Waals surface area (Å²) in [6, 6.07) is 9.61. The number of anilines is 1. The standard InChI is InChI=1S/C20H22N4O3/c1-15-17(10-21-14-22-15)19(26)23-9-5-8-20(12-23)13-24(18(25)11-27-20)16-6-3-2-4-7-16/h2-4,6-7,10,14H,5,8-9,11-13H2,1H3. The number of morpholine rings is 1. The van der Waals surface area contributed by atoms with Gasteiger partial charge in [-0.2, -0.15) is 0 Å². The van der Waals surface area contributed by atoms with Gasteiger partial charge in [-0.05, 0) is 31.9 Å². The molecule has 0 bridgehead atoms. The Morgan fingerprint density at radius 3 is 2.81 bits per heavy atom. The summed E-state index contributed by atoms with van der Waals surface area (Å²) in [5.74, 6) is -0.137. The number of ether oxygens (including phenoxy) is 1. The molecule has 1 atom stereocenters. The topological polar surface area (TPSA) is 75.6 Å². The van der Waals surface area contributed by atoms with Crippen molar-refractivity contribution < 1.29 is 14.3 Å². The molecule has 2 amide bonds. The van der Waals surface area contributed by atoms with E-state index in [9.17, 15) is 9.59 Å². The summed E-state index contributed by atoms with van der Waals surface area (Å²) >= 11 is 0. The van der Waals surface area contributed by atoms with E-state index in [1.165, 1.54) is 6.33 Å². The highest BCUT2D eigenvalue weighted by molar-refractivity contribution is 5.96. The predicted octanol–water partition coefficient (Wildman–Crippen LogP) is 1.82. The summed E-state index contributed by atoms with van der Waals surface area (Å²) in [5.41, 5.74) is 1.50. The van der Waals surface area contributed by atoms with Gasteiger partial charge in [-0.15, -0.1) is 0 Å². The fourth-order valence-corrected chi connectivity index (χ4v) is 3.85. The number of likely N-dealkylation sites (tertiary alicyclic amines) is 1. The molecular weight excluding hydrogens is 344 g/mol. The molecule has 27 heavy (non-hydrogen) atoms. The maximum absolute atomic E-state index is 13.0. The Morgan fingerprint density at radius 1 is 1.22 bits per heavy atom. The van der Waals surface area contributed by atoms with Gasteiger partial charge in [0.05, 0.1) is 24.3 Å². The number of nitrogens with zero attached hydrogens (tertiary/aromatic N) is 4. The number of aromatic nitrogens is 2. The molecule has 0 radical (unpaired) electrons. The second-order valence-corrected chi connectivity index (χ2v) is 7.14. The van der Waals surface area contributed by atoms with E-state index in [2.05, 4.69) is 9.97 Å². The zero-order valence-electron chi connectivity index (χ0n) is 15.3. The van der Waals surface area contributed by atoms with Crippen molar-refractivity contribution in [2.24, 2.45) is 0 Å². The minimum Gasteiger partial charge on any atom is -0.361 e. The number of piperidine rings is 1. The lowest BCUT2D eigenvalue weighted by atomic mass is 9.90. The molecule has 0 saturated carbocycles. The van der Waals surface area contributed by atoms with Crippen LogP contribution < -0.4 is 4.90 Å². The van der Waals surface area contributed by atoms with E-state index >= 15 is 0 Å². The van der Waals surface area contributed by atoms with Gasteiger partial charge in [0.25, 0.3) is 11.8 Å². The Morgan fingerprint density at radius 2 is 2.04 bits per heavy atom. The molecule has 7 nitrogen and oxygen atoms in total. The van der Waals surface area contributed by atoms with Crippen LogP contribution in [0.5, 0.6) is 0 Å². The Bertz CT molecular complexity index is 857. The van der Waals surface area contributed by atoms with Gasteiger partial charge in [-0.1, -0.05) is 18.2 Å². The van der Waals surface area contributed by atoms with Gasteiger partial charge in [-0.25, -0.2) is 9.97 Å². The van der Waals surface area contributed by atoms with Crippen LogP contribution in [0.4, 0.5) is 5.69 Å². The fourth-order valence-electron chi connectivity index (χ4n) is 3.85. The van der Waals surface area contributed by atoms with Crippen molar-refractivity contribution in [3.63, 3.8) is 0 Å². The first kappa shape index (κ1) is 17.6. The summed E-state index contributed by atoms with van der Waals surface area (Å²) in [4.78, 5) is 37.1. The molecule has 4 rings (SSSR count). The van der Waals surface area contributed by atoms with Crippen molar-refractivity contribution in [3.8, 4) is 0 Å². The number of rotatable bonds is 2. The second-order valence-electron chi connectivity index (χ2n) is 7.14. The molecule has 2 aliphatic rings. The summed E-state index contributed by atoms with van der Waals surface area (Å²) in [6.45, 7) is 3.41. The number of para-hydroxylation sites is 1. The third kappa shape index (κ3) is 3.42. The summed E-state index contributed by atoms with van der Waals surface area (Å²) < 4.78 is 6.00. The van der Waals surface area contributed by atoms with Crippen LogP contribution in [0.2, 0.25) is 0 Å². The van der Waals surface area contributed by atoms with Gasteiger partial charge in [0.15, 0.2) is 0 Å². The van der Waals surface area contributed by atoms with Crippen molar-refractivity contribution in [1.29, 1.82) is 0 Å². The summed E-state index contributed by atoms with van der Waals surface area (Å²) in [5, 5.41) is 0. The van der Waals surface area contributed by atoms with E-state index in [0.717, 1.165) is 18.5 Å². The SMILES string of the molecule is Cc1ncncc1C(=O)N1CCCC2(C1)CN(c1ccccc1)C(=O)CO2. The number of carbonyl (C=O) groups is 2. The fraction of sp³-hybridized carbons (Fsp3) is 0.400. The van der Waals surface area contributed by atoms with E-state index in [4.69, 9.17) is 4.74 Å². The molecule has 1 aromatic carbocycles. The van der Waals surface area contributed by atoms with Gasteiger partial charge in [-0.3, -0.25) is 9.59 Å². The molecule has 1 aromatic heterocycles. The Kier molecular flexibility index (Phi) is 4.61. The molecule has 1 unspecified atom stereocenters. The third-order valence-electron chi connectivity index (χ3n) is 5.29. The molecule has 2 aliphatic heterocycles. The lowest BCUT2D eigenvalue weighted by Crippen LogP contribution is -2.62. The molecule has 2 saturated heterocycles. The van der Waals surface area contributed by atoms with Crippen LogP contribution in [-0.4, -0.2) is 58.5 Å². The normalized spacial score (nSPS) is 22.9. The molecule has 7 heteroatoms. The number of aryl methyl sites for hydroxylation is 1. The average Bonchev–Trinajstić information content (AvgIpc) is 2.71. The minimum atomic E-state index is -0.540. The molecule has 140 valence electrons. The van der Waals surface area contributed by atoms with E-state index in [0.29, 0.717) is 30.9 Å². The lowest BCUT2D eigenvalue weighted by molar-refractivity contribution is -0.144. The Balaban J connectivity index is 1.56. The zero-order valence-corrected chi connectivity index (χ0v) is 15.3. The first-order valence-electron chi connectivity index (χ1n) is 9.13. The monoisotopic (exact) mass is 366 g/mol. The first-order chi connectivity index (χ1) is 13.1. The maximum Gasteiger partial charge on any atom is 0.257 e. The lowest BCUT2D eigenvalue weighted by Gasteiger charge is -2.47. The number of carbonyl (C=O) groups excluding carboxylic acids is 2.